The van der Waals surface area contributed by atoms with Crippen molar-refractivity contribution in [3.8, 4) is 11.5 Å². The summed E-state index contributed by atoms with van der Waals surface area (Å²) in [4.78, 5) is 0. The Morgan fingerprint density at radius 1 is 1.53 bits per heavy atom. The van der Waals surface area contributed by atoms with E-state index in [9.17, 15) is 5.11 Å². The molecule has 1 aliphatic heterocycles. The molecule has 1 atom stereocenters. The molecule has 0 saturated carbocycles. The van der Waals surface area contributed by atoms with Gasteiger partial charge in [0.25, 0.3) is 0 Å². The fourth-order valence-electron chi connectivity index (χ4n) is 1.78. The van der Waals surface area contributed by atoms with Crippen LogP contribution in [0.5, 0.6) is 11.5 Å². The van der Waals surface area contributed by atoms with Crippen LogP contribution in [0.4, 0.5) is 0 Å². The van der Waals surface area contributed by atoms with Crippen molar-refractivity contribution in [1.82, 2.24) is 5.32 Å². The number of nitrogens with one attached hydrogen (secondary N) is 1. The highest BCUT2D eigenvalue weighted by molar-refractivity contribution is 5.46. The van der Waals surface area contributed by atoms with Crippen LogP contribution in [0, 0.1) is 0 Å². The maximum Gasteiger partial charge on any atom is 0.166 e. The number of phenols is 1. The van der Waals surface area contributed by atoms with Crippen LogP contribution < -0.4 is 10.1 Å². The van der Waals surface area contributed by atoms with Crippen LogP contribution in [0.25, 0.3) is 0 Å². The quantitative estimate of drug-likeness (QED) is 0.764. The second-order valence-electron chi connectivity index (χ2n) is 3.46. The molecule has 4 heteroatoms. The van der Waals surface area contributed by atoms with Gasteiger partial charge in [0, 0.05) is 18.7 Å². The lowest BCUT2D eigenvalue weighted by Crippen LogP contribution is -2.33. The molecule has 0 amide bonds. The molecule has 1 aromatic rings. The summed E-state index contributed by atoms with van der Waals surface area (Å²) in [6, 6.07) is 5.32. The molecule has 0 spiro atoms. The van der Waals surface area contributed by atoms with Gasteiger partial charge in [0.15, 0.2) is 11.5 Å². The summed E-state index contributed by atoms with van der Waals surface area (Å²) in [7, 11) is 1.55. The summed E-state index contributed by atoms with van der Waals surface area (Å²) >= 11 is 0. The minimum absolute atomic E-state index is 0.0409. The highest BCUT2D eigenvalue weighted by Crippen LogP contribution is 2.35. The van der Waals surface area contributed by atoms with Gasteiger partial charge in [-0.05, 0) is 6.07 Å². The van der Waals surface area contributed by atoms with E-state index in [1.54, 1.807) is 19.2 Å². The van der Waals surface area contributed by atoms with Crippen molar-refractivity contribution in [3.63, 3.8) is 0 Å². The molecule has 0 aliphatic carbocycles. The van der Waals surface area contributed by atoms with Gasteiger partial charge < -0.3 is 19.9 Å². The van der Waals surface area contributed by atoms with Crippen molar-refractivity contribution < 1.29 is 14.6 Å². The van der Waals surface area contributed by atoms with Crippen molar-refractivity contribution >= 4 is 0 Å². The zero-order valence-electron chi connectivity index (χ0n) is 8.69. The minimum atomic E-state index is -0.0409. The molecular weight excluding hydrogens is 194 g/mol. The summed E-state index contributed by atoms with van der Waals surface area (Å²) < 4.78 is 10.8. The van der Waals surface area contributed by atoms with Crippen LogP contribution in [0.15, 0.2) is 18.2 Å². The molecule has 2 rings (SSSR count). The van der Waals surface area contributed by atoms with Gasteiger partial charge >= 0.3 is 0 Å². The monoisotopic (exact) mass is 209 g/mol. The predicted molar refractivity (Wildman–Crippen MR) is 56.2 cm³/mol. The predicted octanol–water partition coefficient (Wildman–Crippen LogP) is 1.06. The Bertz CT molecular complexity index is 335. The molecule has 1 unspecified atom stereocenters. The summed E-state index contributed by atoms with van der Waals surface area (Å²) in [5.41, 5.74) is 0.893. The lowest BCUT2D eigenvalue weighted by molar-refractivity contribution is 0.0260. The number of benzene rings is 1. The average molecular weight is 209 g/mol. The van der Waals surface area contributed by atoms with Crippen molar-refractivity contribution in [2.75, 3.05) is 26.8 Å². The van der Waals surface area contributed by atoms with Gasteiger partial charge in [-0.3, -0.25) is 0 Å². The number of aromatic hydroxyl groups is 1. The Kier molecular flexibility index (Phi) is 3.08. The summed E-state index contributed by atoms with van der Waals surface area (Å²) in [6.45, 7) is 2.31. The summed E-state index contributed by atoms with van der Waals surface area (Å²) in [5.74, 6) is 0.662. The second kappa shape index (κ2) is 4.51. The number of para-hydroxylation sites is 1. The van der Waals surface area contributed by atoms with E-state index >= 15 is 0 Å². The normalized spacial score (nSPS) is 21.3. The van der Waals surface area contributed by atoms with Gasteiger partial charge in [0.2, 0.25) is 0 Å². The van der Waals surface area contributed by atoms with E-state index in [4.69, 9.17) is 9.47 Å². The van der Waals surface area contributed by atoms with Crippen molar-refractivity contribution in [1.29, 1.82) is 0 Å². The molecule has 1 aliphatic rings. The first-order chi connectivity index (χ1) is 7.33. The highest BCUT2D eigenvalue weighted by atomic mass is 16.5. The van der Waals surface area contributed by atoms with E-state index in [1.165, 1.54) is 0 Å². The average Bonchev–Trinajstić information content (AvgIpc) is 2.30. The van der Waals surface area contributed by atoms with Crippen molar-refractivity contribution in [3.05, 3.63) is 23.8 Å². The van der Waals surface area contributed by atoms with E-state index in [0.717, 1.165) is 18.7 Å². The fraction of sp³-hybridized carbons (Fsp3) is 0.455. The van der Waals surface area contributed by atoms with E-state index < -0.39 is 0 Å². The third kappa shape index (κ3) is 2.06. The first kappa shape index (κ1) is 10.3. The number of ether oxygens (including phenoxy) is 2. The largest absolute Gasteiger partial charge is 0.504 e. The lowest BCUT2D eigenvalue weighted by Gasteiger charge is -2.25. The van der Waals surface area contributed by atoms with Gasteiger partial charge in [0.1, 0.15) is 0 Å². The zero-order chi connectivity index (χ0) is 10.7. The third-order valence-corrected chi connectivity index (χ3v) is 2.50. The zero-order valence-corrected chi connectivity index (χ0v) is 8.69. The Balaban J connectivity index is 2.29. The molecule has 0 bridgehead atoms. The molecular formula is C11H15NO3. The number of rotatable bonds is 2. The van der Waals surface area contributed by atoms with E-state index in [-0.39, 0.29) is 11.9 Å². The van der Waals surface area contributed by atoms with Gasteiger partial charge in [0.05, 0.1) is 19.8 Å². The Hall–Kier alpha value is -1.26. The van der Waals surface area contributed by atoms with Gasteiger partial charge in [-0.25, -0.2) is 0 Å². The first-order valence-electron chi connectivity index (χ1n) is 5.01. The number of hydrogen-bond acceptors (Lipinski definition) is 4. The molecule has 1 heterocycles. The van der Waals surface area contributed by atoms with E-state index in [0.29, 0.717) is 12.4 Å². The van der Waals surface area contributed by atoms with Crippen LogP contribution in [0.1, 0.15) is 11.7 Å². The van der Waals surface area contributed by atoms with Crippen LogP contribution in [-0.4, -0.2) is 31.9 Å². The molecule has 1 saturated heterocycles. The van der Waals surface area contributed by atoms with Crippen molar-refractivity contribution in [2.45, 2.75) is 6.10 Å². The standard InChI is InChI=1S/C11H15NO3/c1-14-11-8(3-2-4-9(11)13)10-7-12-5-6-15-10/h2-4,10,12-13H,5-7H2,1H3. The molecule has 1 fully saturated rings. The maximum atomic E-state index is 9.62. The minimum Gasteiger partial charge on any atom is -0.504 e. The molecule has 4 nitrogen and oxygen atoms in total. The molecule has 2 N–H and O–H groups in total. The molecule has 1 aromatic carbocycles. The number of phenolic OH excluding ortho intramolecular Hbond substituents is 1. The smallest absolute Gasteiger partial charge is 0.166 e. The maximum absolute atomic E-state index is 9.62. The van der Waals surface area contributed by atoms with Crippen LogP contribution in [0.2, 0.25) is 0 Å². The lowest BCUT2D eigenvalue weighted by atomic mass is 10.1. The fourth-order valence-corrected chi connectivity index (χ4v) is 1.78. The summed E-state index contributed by atoms with van der Waals surface area (Å²) in [5, 5.41) is 12.9. The SMILES string of the molecule is COc1c(O)cccc1C1CNCCO1. The van der Waals surface area contributed by atoms with Gasteiger partial charge in [-0.1, -0.05) is 12.1 Å². The number of methoxy groups -OCH3 is 1. The second-order valence-corrected chi connectivity index (χ2v) is 3.46. The Morgan fingerprint density at radius 3 is 3.07 bits per heavy atom. The van der Waals surface area contributed by atoms with Gasteiger partial charge in [-0.15, -0.1) is 0 Å². The van der Waals surface area contributed by atoms with Crippen LogP contribution in [-0.2, 0) is 4.74 Å². The molecule has 0 aromatic heterocycles. The molecule has 82 valence electrons. The number of hydrogen-bond donors (Lipinski definition) is 2. The molecule has 15 heavy (non-hydrogen) atoms. The van der Waals surface area contributed by atoms with Gasteiger partial charge in [-0.2, -0.15) is 0 Å². The molecule has 0 radical (unpaired) electrons. The highest BCUT2D eigenvalue weighted by Gasteiger charge is 2.20. The van der Waals surface area contributed by atoms with E-state index in [1.807, 2.05) is 6.07 Å². The Labute approximate surface area is 88.8 Å². The summed E-state index contributed by atoms with van der Waals surface area (Å²) in [6.07, 6.45) is -0.0409. The van der Waals surface area contributed by atoms with Crippen LogP contribution in [0.3, 0.4) is 0 Å². The van der Waals surface area contributed by atoms with E-state index in [2.05, 4.69) is 5.32 Å². The number of morpholine rings is 1. The Morgan fingerprint density at radius 2 is 2.40 bits per heavy atom. The van der Waals surface area contributed by atoms with Crippen LogP contribution >= 0.6 is 0 Å². The topological polar surface area (TPSA) is 50.7 Å². The van der Waals surface area contributed by atoms with Crippen molar-refractivity contribution in [2.24, 2.45) is 0 Å². The third-order valence-electron chi connectivity index (χ3n) is 2.50. The first-order valence-corrected chi connectivity index (χ1v) is 5.01.